The molecule has 0 aromatic heterocycles. The molecule has 0 unspecified atom stereocenters. The van der Waals surface area contributed by atoms with Crippen molar-refractivity contribution in [1.82, 2.24) is 0 Å². The Bertz CT molecular complexity index is 624. The van der Waals surface area contributed by atoms with Gasteiger partial charge >= 0.3 is 6.36 Å². The van der Waals surface area contributed by atoms with Crippen LogP contribution in [0.3, 0.4) is 0 Å². The van der Waals surface area contributed by atoms with Crippen molar-refractivity contribution < 1.29 is 17.9 Å². The highest BCUT2D eigenvalue weighted by Crippen LogP contribution is 2.33. The molecule has 0 aliphatic carbocycles. The van der Waals surface area contributed by atoms with Gasteiger partial charge in [0.2, 0.25) is 0 Å². The van der Waals surface area contributed by atoms with Crippen LogP contribution in [-0.2, 0) is 0 Å². The molecule has 0 amide bonds. The van der Waals surface area contributed by atoms with E-state index in [1.165, 1.54) is 18.2 Å². The van der Waals surface area contributed by atoms with Crippen LogP contribution in [0.15, 0.2) is 36.4 Å². The second kappa shape index (κ2) is 5.99. The minimum absolute atomic E-state index is 0.265. The fourth-order valence-electron chi connectivity index (χ4n) is 1.64. The van der Waals surface area contributed by atoms with Gasteiger partial charge in [0.25, 0.3) is 0 Å². The largest absolute Gasteiger partial charge is 0.573 e. The number of halogens is 6. The first-order valence-corrected chi connectivity index (χ1v) is 7.10. The third-order valence-corrected chi connectivity index (χ3v) is 3.68. The Morgan fingerprint density at radius 1 is 0.950 bits per heavy atom. The highest BCUT2D eigenvalue weighted by Gasteiger charge is 2.31. The van der Waals surface area contributed by atoms with Crippen molar-refractivity contribution in [3.63, 3.8) is 0 Å². The van der Waals surface area contributed by atoms with E-state index in [0.29, 0.717) is 13.6 Å². The zero-order chi connectivity index (χ0) is 14.9. The maximum Gasteiger partial charge on any atom is 0.573 e. The van der Waals surface area contributed by atoms with E-state index >= 15 is 0 Å². The number of hydrogen-bond acceptors (Lipinski definition) is 1. The van der Waals surface area contributed by atoms with E-state index in [9.17, 15) is 13.2 Å². The predicted molar refractivity (Wildman–Crippen MR) is 81.3 cm³/mol. The topological polar surface area (TPSA) is 9.23 Å². The van der Waals surface area contributed by atoms with Crippen molar-refractivity contribution in [2.45, 2.75) is 6.36 Å². The molecule has 7 heteroatoms. The number of rotatable bonds is 2. The molecule has 0 atom stereocenters. The lowest BCUT2D eigenvalue weighted by Gasteiger charge is -2.11. The first kappa shape index (κ1) is 15.7. The van der Waals surface area contributed by atoms with Gasteiger partial charge in [0.1, 0.15) is 5.75 Å². The lowest BCUT2D eigenvalue weighted by Crippen LogP contribution is -2.17. The molecular formula is C13H6Cl2F3IO. The van der Waals surface area contributed by atoms with Gasteiger partial charge in [-0.05, 0) is 70.1 Å². The first-order chi connectivity index (χ1) is 9.24. The minimum atomic E-state index is -4.70. The van der Waals surface area contributed by atoms with E-state index in [-0.39, 0.29) is 5.75 Å². The fourth-order valence-corrected chi connectivity index (χ4v) is 2.96. The summed E-state index contributed by atoms with van der Waals surface area (Å²) in [4.78, 5) is 0. The van der Waals surface area contributed by atoms with Crippen LogP contribution in [0.4, 0.5) is 13.2 Å². The molecule has 0 saturated carbocycles. The molecule has 20 heavy (non-hydrogen) atoms. The zero-order valence-electron chi connectivity index (χ0n) is 9.64. The van der Waals surface area contributed by atoms with Crippen LogP contribution in [-0.4, -0.2) is 6.36 Å². The molecule has 0 aliphatic heterocycles. The van der Waals surface area contributed by atoms with E-state index in [0.717, 1.165) is 11.1 Å². The molecule has 0 heterocycles. The van der Waals surface area contributed by atoms with Gasteiger partial charge in [-0.15, -0.1) is 13.2 Å². The van der Waals surface area contributed by atoms with E-state index in [4.69, 9.17) is 23.2 Å². The van der Waals surface area contributed by atoms with Gasteiger partial charge in [0.15, 0.2) is 0 Å². The Labute approximate surface area is 136 Å². The molecule has 2 aromatic rings. The third-order valence-electron chi connectivity index (χ3n) is 2.35. The average molecular weight is 433 g/mol. The van der Waals surface area contributed by atoms with Crippen molar-refractivity contribution in [2.75, 3.05) is 0 Å². The Morgan fingerprint density at radius 2 is 1.55 bits per heavy atom. The lowest BCUT2D eigenvalue weighted by atomic mass is 10.1. The molecule has 0 fully saturated rings. The summed E-state index contributed by atoms with van der Waals surface area (Å²) >= 11 is 13.8. The number of benzene rings is 2. The summed E-state index contributed by atoms with van der Waals surface area (Å²) in [5.41, 5.74) is 1.45. The Hall–Kier alpha value is -0.660. The highest BCUT2D eigenvalue weighted by atomic mass is 127. The Morgan fingerprint density at radius 3 is 2.05 bits per heavy atom. The standard InChI is InChI=1S/C13H6Cl2F3IO/c14-8-3-7(4-9(15)5-8)11-2-1-10(6-12(11)19)20-13(16,17)18/h1-6H. The third kappa shape index (κ3) is 4.17. The van der Waals surface area contributed by atoms with E-state index in [1.54, 1.807) is 18.2 Å². The van der Waals surface area contributed by atoms with Crippen LogP contribution in [0.1, 0.15) is 0 Å². The molecule has 1 nitrogen and oxygen atoms in total. The molecule has 0 spiro atoms. The molecule has 0 bridgehead atoms. The van der Waals surface area contributed by atoms with Crippen LogP contribution >= 0.6 is 45.8 Å². The normalized spacial score (nSPS) is 11.5. The van der Waals surface area contributed by atoms with Gasteiger partial charge in [-0.25, -0.2) is 0 Å². The predicted octanol–water partition coefficient (Wildman–Crippen LogP) is 6.16. The number of ether oxygens (including phenoxy) is 1. The van der Waals surface area contributed by atoms with Gasteiger partial charge < -0.3 is 4.74 Å². The molecule has 2 rings (SSSR count). The minimum Gasteiger partial charge on any atom is -0.406 e. The average Bonchev–Trinajstić information content (AvgIpc) is 2.25. The molecule has 2 aromatic carbocycles. The van der Waals surface area contributed by atoms with Crippen molar-refractivity contribution >= 4 is 45.8 Å². The summed E-state index contributed by atoms with van der Waals surface area (Å²) in [5, 5.41) is 0.915. The zero-order valence-corrected chi connectivity index (χ0v) is 13.3. The first-order valence-electron chi connectivity index (χ1n) is 5.26. The Kier molecular flexibility index (Phi) is 4.71. The molecule has 0 radical (unpaired) electrons. The summed E-state index contributed by atoms with van der Waals surface area (Å²) in [5.74, 6) is -0.265. The van der Waals surface area contributed by atoms with Crippen LogP contribution in [0.5, 0.6) is 5.75 Å². The van der Waals surface area contributed by atoms with Crippen LogP contribution in [0, 0.1) is 3.57 Å². The fraction of sp³-hybridized carbons (Fsp3) is 0.0769. The van der Waals surface area contributed by atoms with Gasteiger partial charge in [-0.2, -0.15) is 0 Å². The van der Waals surface area contributed by atoms with E-state index < -0.39 is 6.36 Å². The monoisotopic (exact) mass is 432 g/mol. The van der Waals surface area contributed by atoms with E-state index in [2.05, 4.69) is 4.74 Å². The number of alkyl halides is 3. The summed E-state index contributed by atoms with van der Waals surface area (Å²) < 4.78 is 40.9. The SMILES string of the molecule is FC(F)(F)Oc1ccc(-c2cc(Cl)cc(Cl)c2)c(I)c1. The Balaban J connectivity index is 2.39. The van der Waals surface area contributed by atoms with Crippen LogP contribution in [0.2, 0.25) is 10.0 Å². The molecule has 0 saturated heterocycles. The van der Waals surface area contributed by atoms with Crippen molar-refractivity contribution in [3.05, 3.63) is 50.0 Å². The highest BCUT2D eigenvalue weighted by molar-refractivity contribution is 14.1. The second-order valence-corrected chi connectivity index (χ2v) is 5.88. The van der Waals surface area contributed by atoms with Gasteiger partial charge in [-0.1, -0.05) is 23.2 Å². The summed E-state index contributed by atoms with van der Waals surface area (Å²) in [7, 11) is 0. The smallest absolute Gasteiger partial charge is 0.406 e. The molecule has 0 aliphatic rings. The maximum atomic E-state index is 12.1. The quantitative estimate of drug-likeness (QED) is 0.516. The van der Waals surface area contributed by atoms with Crippen LogP contribution < -0.4 is 4.74 Å². The van der Waals surface area contributed by atoms with Crippen molar-refractivity contribution in [2.24, 2.45) is 0 Å². The summed E-state index contributed by atoms with van der Waals surface area (Å²) in [6.07, 6.45) is -4.70. The van der Waals surface area contributed by atoms with Gasteiger partial charge in [0.05, 0.1) is 0 Å². The van der Waals surface area contributed by atoms with Gasteiger partial charge in [-0.3, -0.25) is 0 Å². The van der Waals surface area contributed by atoms with Crippen molar-refractivity contribution in [3.8, 4) is 16.9 Å². The van der Waals surface area contributed by atoms with Crippen LogP contribution in [0.25, 0.3) is 11.1 Å². The molecule has 106 valence electrons. The molecular weight excluding hydrogens is 427 g/mol. The van der Waals surface area contributed by atoms with Crippen molar-refractivity contribution in [1.29, 1.82) is 0 Å². The van der Waals surface area contributed by atoms with E-state index in [1.807, 2.05) is 22.6 Å². The summed E-state index contributed by atoms with van der Waals surface area (Å²) in [6, 6.07) is 9.05. The lowest BCUT2D eigenvalue weighted by molar-refractivity contribution is -0.274. The summed E-state index contributed by atoms with van der Waals surface area (Å²) in [6.45, 7) is 0. The second-order valence-electron chi connectivity index (χ2n) is 3.85. The maximum absolute atomic E-state index is 12.1. The molecule has 0 N–H and O–H groups in total. The van der Waals surface area contributed by atoms with Gasteiger partial charge in [0, 0.05) is 13.6 Å². The number of hydrogen-bond donors (Lipinski definition) is 0.